The number of rotatable bonds is 6. The Hall–Kier alpha value is -1.55. The molecule has 1 amide bonds. The summed E-state index contributed by atoms with van der Waals surface area (Å²) in [7, 11) is 0. The number of likely N-dealkylation sites (tertiary alicyclic amines) is 1. The van der Waals surface area contributed by atoms with Gasteiger partial charge in [-0.05, 0) is 37.3 Å². The van der Waals surface area contributed by atoms with Crippen LogP contribution in [-0.2, 0) is 4.79 Å². The average Bonchev–Trinajstić information content (AvgIpc) is 2.90. The Morgan fingerprint density at radius 3 is 3.00 bits per heavy atom. The van der Waals surface area contributed by atoms with Gasteiger partial charge in [-0.2, -0.15) is 0 Å². The van der Waals surface area contributed by atoms with Crippen LogP contribution in [-0.4, -0.2) is 42.2 Å². The maximum absolute atomic E-state index is 12.1. The third kappa shape index (κ3) is 3.97. The third-order valence-corrected chi connectivity index (χ3v) is 3.84. The highest BCUT2D eigenvalue weighted by atomic mass is 16.5. The van der Waals surface area contributed by atoms with Gasteiger partial charge in [0.25, 0.3) is 0 Å². The molecule has 1 atom stereocenters. The van der Waals surface area contributed by atoms with E-state index in [-0.39, 0.29) is 12.5 Å². The molecule has 110 valence electrons. The summed E-state index contributed by atoms with van der Waals surface area (Å²) in [6.07, 6.45) is 2.22. The van der Waals surface area contributed by atoms with Crippen molar-refractivity contribution >= 4 is 5.91 Å². The van der Waals surface area contributed by atoms with Crippen LogP contribution < -0.4 is 4.74 Å². The van der Waals surface area contributed by atoms with Gasteiger partial charge in [-0.15, -0.1) is 0 Å². The summed E-state index contributed by atoms with van der Waals surface area (Å²) in [6.45, 7) is 4.22. The molecule has 1 aliphatic heterocycles. The van der Waals surface area contributed by atoms with E-state index in [2.05, 4.69) is 0 Å². The molecule has 1 saturated heterocycles. The molecule has 1 N–H and O–H groups in total. The number of aliphatic hydroxyl groups is 1. The molecule has 1 aromatic carbocycles. The van der Waals surface area contributed by atoms with E-state index in [0.717, 1.165) is 37.2 Å². The SMILES string of the molecule is Cc1ccccc1OCCC(=O)N1CCC(CCO)C1. The summed E-state index contributed by atoms with van der Waals surface area (Å²) in [5.74, 6) is 1.46. The Bertz CT molecular complexity index is 447. The van der Waals surface area contributed by atoms with Crippen molar-refractivity contribution < 1.29 is 14.6 Å². The Labute approximate surface area is 120 Å². The topological polar surface area (TPSA) is 49.8 Å². The second kappa shape index (κ2) is 7.29. The Morgan fingerprint density at radius 1 is 1.45 bits per heavy atom. The monoisotopic (exact) mass is 277 g/mol. The molecule has 1 unspecified atom stereocenters. The first-order chi connectivity index (χ1) is 9.70. The lowest BCUT2D eigenvalue weighted by molar-refractivity contribution is -0.130. The molecule has 2 rings (SSSR count). The average molecular weight is 277 g/mol. The lowest BCUT2D eigenvalue weighted by Crippen LogP contribution is -2.29. The molecule has 4 heteroatoms. The van der Waals surface area contributed by atoms with E-state index < -0.39 is 0 Å². The first-order valence-electron chi connectivity index (χ1n) is 7.27. The number of para-hydroxylation sites is 1. The largest absolute Gasteiger partial charge is 0.493 e. The standard InChI is InChI=1S/C16H23NO3/c1-13-4-2-3-5-15(13)20-11-8-16(19)17-9-6-14(12-17)7-10-18/h2-5,14,18H,6-12H2,1H3. The fraction of sp³-hybridized carbons (Fsp3) is 0.562. The normalized spacial score (nSPS) is 18.3. The van der Waals surface area contributed by atoms with Crippen LogP contribution in [0.2, 0.25) is 0 Å². The first-order valence-corrected chi connectivity index (χ1v) is 7.27. The molecule has 4 nitrogen and oxygen atoms in total. The van der Waals surface area contributed by atoms with Crippen LogP contribution in [0.5, 0.6) is 5.75 Å². The molecule has 20 heavy (non-hydrogen) atoms. The fourth-order valence-corrected chi connectivity index (χ4v) is 2.60. The fourth-order valence-electron chi connectivity index (χ4n) is 2.60. The van der Waals surface area contributed by atoms with Crippen molar-refractivity contribution in [3.8, 4) is 5.75 Å². The van der Waals surface area contributed by atoms with Gasteiger partial charge in [-0.25, -0.2) is 0 Å². The summed E-state index contributed by atoms with van der Waals surface area (Å²) < 4.78 is 5.65. The number of aliphatic hydroxyl groups excluding tert-OH is 1. The van der Waals surface area contributed by atoms with Crippen LogP contribution in [0.4, 0.5) is 0 Å². The predicted molar refractivity (Wildman–Crippen MR) is 77.7 cm³/mol. The van der Waals surface area contributed by atoms with Gasteiger partial charge in [-0.1, -0.05) is 18.2 Å². The number of benzene rings is 1. The number of nitrogens with zero attached hydrogens (tertiary/aromatic N) is 1. The molecule has 0 spiro atoms. The number of ether oxygens (including phenoxy) is 1. The van der Waals surface area contributed by atoms with Gasteiger partial charge in [0.05, 0.1) is 13.0 Å². The highest BCUT2D eigenvalue weighted by Gasteiger charge is 2.25. The van der Waals surface area contributed by atoms with E-state index in [0.29, 0.717) is 18.9 Å². The van der Waals surface area contributed by atoms with Crippen LogP contribution in [0.3, 0.4) is 0 Å². The summed E-state index contributed by atoms with van der Waals surface area (Å²) >= 11 is 0. The quantitative estimate of drug-likeness (QED) is 0.865. The Morgan fingerprint density at radius 2 is 2.25 bits per heavy atom. The molecule has 0 saturated carbocycles. The number of amides is 1. The molecule has 1 aliphatic rings. The van der Waals surface area contributed by atoms with E-state index in [4.69, 9.17) is 9.84 Å². The van der Waals surface area contributed by atoms with Crippen molar-refractivity contribution in [2.75, 3.05) is 26.3 Å². The lowest BCUT2D eigenvalue weighted by atomic mass is 10.1. The van der Waals surface area contributed by atoms with Crippen LogP contribution in [0.1, 0.15) is 24.8 Å². The van der Waals surface area contributed by atoms with Gasteiger partial charge in [0, 0.05) is 19.7 Å². The van der Waals surface area contributed by atoms with Crippen LogP contribution in [0, 0.1) is 12.8 Å². The maximum atomic E-state index is 12.1. The molecule has 1 heterocycles. The Kier molecular flexibility index (Phi) is 5.41. The van der Waals surface area contributed by atoms with E-state index in [1.165, 1.54) is 0 Å². The highest BCUT2D eigenvalue weighted by molar-refractivity contribution is 5.76. The number of hydrogen-bond acceptors (Lipinski definition) is 3. The number of carbonyl (C=O) groups excluding carboxylic acids is 1. The van der Waals surface area contributed by atoms with Crippen LogP contribution >= 0.6 is 0 Å². The summed E-state index contributed by atoms with van der Waals surface area (Å²) in [6, 6.07) is 7.83. The second-order valence-corrected chi connectivity index (χ2v) is 5.37. The second-order valence-electron chi connectivity index (χ2n) is 5.37. The molecule has 0 aliphatic carbocycles. The van der Waals surface area contributed by atoms with Crippen molar-refractivity contribution in [1.82, 2.24) is 4.90 Å². The van der Waals surface area contributed by atoms with Crippen LogP contribution in [0.25, 0.3) is 0 Å². The number of carbonyl (C=O) groups is 1. The molecular weight excluding hydrogens is 254 g/mol. The van der Waals surface area contributed by atoms with Gasteiger partial charge >= 0.3 is 0 Å². The lowest BCUT2D eigenvalue weighted by Gasteiger charge is -2.17. The third-order valence-electron chi connectivity index (χ3n) is 3.84. The highest BCUT2D eigenvalue weighted by Crippen LogP contribution is 2.20. The van der Waals surface area contributed by atoms with E-state index in [1.807, 2.05) is 36.1 Å². The van der Waals surface area contributed by atoms with Crippen molar-refractivity contribution in [2.45, 2.75) is 26.2 Å². The minimum atomic E-state index is 0.152. The van der Waals surface area contributed by atoms with Crippen molar-refractivity contribution in [3.05, 3.63) is 29.8 Å². The molecule has 1 fully saturated rings. The first kappa shape index (κ1) is 14.9. The predicted octanol–water partition coefficient (Wildman–Crippen LogP) is 1.99. The van der Waals surface area contributed by atoms with Gasteiger partial charge in [0.2, 0.25) is 5.91 Å². The van der Waals surface area contributed by atoms with Gasteiger partial charge in [0.15, 0.2) is 0 Å². The van der Waals surface area contributed by atoms with Crippen LogP contribution in [0.15, 0.2) is 24.3 Å². The molecular formula is C16H23NO3. The minimum Gasteiger partial charge on any atom is -0.493 e. The van der Waals surface area contributed by atoms with Gasteiger partial charge < -0.3 is 14.7 Å². The Balaban J connectivity index is 1.72. The smallest absolute Gasteiger partial charge is 0.226 e. The number of hydrogen-bond donors (Lipinski definition) is 1. The van der Waals surface area contributed by atoms with E-state index in [1.54, 1.807) is 0 Å². The molecule has 0 bridgehead atoms. The van der Waals surface area contributed by atoms with Crippen molar-refractivity contribution in [3.63, 3.8) is 0 Å². The zero-order valence-corrected chi connectivity index (χ0v) is 12.0. The van der Waals surface area contributed by atoms with E-state index in [9.17, 15) is 4.79 Å². The molecule has 0 aromatic heterocycles. The molecule has 0 radical (unpaired) electrons. The summed E-state index contributed by atoms with van der Waals surface area (Å²) in [5, 5.41) is 8.92. The van der Waals surface area contributed by atoms with Gasteiger partial charge in [0.1, 0.15) is 5.75 Å². The van der Waals surface area contributed by atoms with Crippen molar-refractivity contribution in [1.29, 1.82) is 0 Å². The van der Waals surface area contributed by atoms with E-state index >= 15 is 0 Å². The zero-order chi connectivity index (χ0) is 14.4. The summed E-state index contributed by atoms with van der Waals surface area (Å²) in [4.78, 5) is 13.9. The number of aryl methyl sites for hydroxylation is 1. The zero-order valence-electron chi connectivity index (χ0n) is 12.0. The molecule has 1 aromatic rings. The van der Waals surface area contributed by atoms with Crippen molar-refractivity contribution in [2.24, 2.45) is 5.92 Å². The van der Waals surface area contributed by atoms with Gasteiger partial charge in [-0.3, -0.25) is 4.79 Å². The maximum Gasteiger partial charge on any atom is 0.226 e. The minimum absolute atomic E-state index is 0.152. The summed E-state index contributed by atoms with van der Waals surface area (Å²) in [5.41, 5.74) is 1.09.